The van der Waals surface area contributed by atoms with Crippen LogP contribution in [0.1, 0.15) is 51.0 Å². The Morgan fingerprint density at radius 1 is 1.11 bits per heavy atom. The van der Waals surface area contributed by atoms with Gasteiger partial charge in [0.05, 0.1) is 0 Å². The molecule has 0 spiro atoms. The van der Waals surface area contributed by atoms with Crippen LogP contribution in [0.15, 0.2) is 30.3 Å². The van der Waals surface area contributed by atoms with Gasteiger partial charge in [0.2, 0.25) is 0 Å². The molecule has 98 valence electrons. The van der Waals surface area contributed by atoms with E-state index in [0.717, 1.165) is 18.4 Å². The number of allylic oxidation sites excluding steroid dienone is 1. The van der Waals surface area contributed by atoms with Crippen LogP contribution in [0.25, 0.3) is 6.08 Å². The largest absolute Gasteiger partial charge is 0.508 e. The summed E-state index contributed by atoms with van der Waals surface area (Å²) in [6, 6.07) is 6.82. The summed E-state index contributed by atoms with van der Waals surface area (Å²) in [5.74, 6) is 0.425. The smallest absolute Gasteiger partial charge is 0.155 e. The van der Waals surface area contributed by atoms with Crippen LogP contribution in [0.5, 0.6) is 5.75 Å². The maximum absolute atomic E-state index is 11.6. The average Bonchev–Trinajstić information content (AvgIpc) is 2.38. The second kappa shape index (κ2) is 8.51. The fourth-order valence-corrected chi connectivity index (χ4v) is 1.76. The molecule has 0 saturated heterocycles. The van der Waals surface area contributed by atoms with Crippen LogP contribution in [-0.2, 0) is 4.79 Å². The number of carbonyl (C=O) groups is 1. The van der Waals surface area contributed by atoms with Crippen LogP contribution in [-0.4, -0.2) is 10.9 Å². The lowest BCUT2D eigenvalue weighted by molar-refractivity contribution is -0.114. The van der Waals surface area contributed by atoms with Crippen molar-refractivity contribution in [2.75, 3.05) is 0 Å². The van der Waals surface area contributed by atoms with Crippen molar-refractivity contribution in [3.63, 3.8) is 0 Å². The van der Waals surface area contributed by atoms with Gasteiger partial charge < -0.3 is 5.11 Å². The van der Waals surface area contributed by atoms with Gasteiger partial charge in [-0.3, -0.25) is 4.79 Å². The van der Waals surface area contributed by atoms with Gasteiger partial charge in [0, 0.05) is 6.42 Å². The number of phenols is 1. The molecule has 0 fully saturated rings. The van der Waals surface area contributed by atoms with Crippen molar-refractivity contribution in [2.45, 2.75) is 45.4 Å². The minimum atomic E-state index is 0.180. The predicted octanol–water partition coefficient (Wildman–Crippen LogP) is 4.34. The molecule has 1 N–H and O–H groups in total. The number of phenolic OH excluding ortho intramolecular Hbond substituents is 1. The fraction of sp³-hybridized carbons (Fsp3) is 0.438. The zero-order chi connectivity index (χ0) is 13.2. The molecule has 0 bridgehead atoms. The molecule has 0 aromatic heterocycles. The lowest BCUT2D eigenvalue weighted by Gasteiger charge is -1.97. The Hall–Kier alpha value is -1.57. The Morgan fingerprint density at radius 2 is 1.78 bits per heavy atom. The van der Waals surface area contributed by atoms with Gasteiger partial charge in [-0.1, -0.05) is 50.8 Å². The van der Waals surface area contributed by atoms with E-state index >= 15 is 0 Å². The SMILES string of the molecule is CCCCCCCC(=O)C=Cc1ccc(O)cc1. The van der Waals surface area contributed by atoms with Crippen molar-refractivity contribution in [1.82, 2.24) is 0 Å². The number of rotatable bonds is 8. The molecule has 1 aromatic carbocycles. The van der Waals surface area contributed by atoms with Crippen LogP contribution in [0, 0.1) is 0 Å². The number of hydrogen-bond acceptors (Lipinski definition) is 2. The first-order valence-electron chi connectivity index (χ1n) is 6.72. The van der Waals surface area contributed by atoms with Crippen LogP contribution < -0.4 is 0 Å². The third-order valence-electron chi connectivity index (χ3n) is 2.88. The van der Waals surface area contributed by atoms with Crippen molar-refractivity contribution in [1.29, 1.82) is 0 Å². The van der Waals surface area contributed by atoms with E-state index in [2.05, 4.69) is 6.92 Å². The Bertz CT molecular complexity index is 377. The standard InChI is InChI=1S/C16H22O2/c1-2-3-4-5-6-7-15(17)11-8-14-9-12-16(18)13-10-14/h8-13,18H,2-7H2,1H3. The van der Waals surface area contributed by atoms with E-state index in [-0.39, 0.29) is 11.5 Å². The third-order valence-corrected chi connectivity index (χ3v) is 2.88. The van der Waals surface area contributed by atoms with E-state index < -0.39 is 0 Å². The molecule has 0 saturated carbocycles. The zero-order valence-corrected chi connectivity index (χ0v) is 11.1. The highest BCUT2D eigenvalue weighted by Crippen LogP contribution is 2.11. The number of benzene rings is 1. The highest BCUT2D eigenvalue weighted by atomic mass is 16.3. The molecule has 0 atom stereocenters. The molecule has 18 heavy (non-hydrogen) atoms. The number of unbranched alkanes of at least 4 members (excludes halogenated alkanes) is 4. The van der Waals surface area contributed by atoms with Crippen molar-refractivity contribution in [3.8, 4) is 5.75 Å². The highest BCUT2D eigenvalue weighted by molar-refractivity contribution is 5.93. The Kier molecular flexibility index (Phi) is 6.85. The van der Waals surface area contributed by atoms with Gasteiger partial charge in [-0.2, -0.15) is 0 Å². The molecule has 0 heterocycles. The van der Waals surface area contributed by atoms with Gasteiger partial charge in [0.15, 0.2) is 5.78 Å². The van der Waals surface area contributed by atoms with Crippen molar-refractivity contribution in [3.05, 3.63) is 35.9 Å². The van der Waals surface area contributed by atoms with Gasteiger partial charge in [0.1, 0.15) is 5.75 Å². The zero-order valence-electron chi connectivity index (χ0n) is 11.1. The van der Waals surface area contributed by atoms with Crippen LogP contribution in [0.4, 0.5) is 0 Å². The van der Waals surface area contributed by atoms with Gasteiger partial charge in [-0.25, -0.2) is 0 Å². The lowest BCUT2D eigenvalue weighted by Crippen LogP contribution is -1.92. The minimum absolute atomic E-state index is 0.180. The molecule has 0 unspecified atom stereocenters. The molecule has 1 aromatic rings. The number of aromatic hydroxyl groups is 1. The van der Waals surface area contributed by atoms with E-state index in [9.17, 15) is 4.79 Å². The first kappa shape index (κ1) is 14.5. The normalized spacial score (nSPS) is 10.9. The monoisotopic (exact) mass is 246 g/mol. The number of hydrogen-bond donors (Lipinski definition) is 1. The molecule has 0 radical (unpaired) electrons. The second-order valence-corrected chi connectivity index (χ2v) is 4.56. The van der Waals surface area contributed by atoms with E-state index in [4.69, 9.17) is 5.11 Å². The van der Waals surface area contributed by atoms with Gasteiger partial charge in [-0.15, -0.1) is 0 Å². The second-order valence-electron chi connectivity index (χ2n) is 4.56. The first-order valence-corrected chi connectivity index (χ1v) is 6.72. The average molecular weight is 246 g/mol. The molecule has 0 aliphatic carbocycles. The van der Waals surface area contributed by atoms with E-state index in [1.54, 1.807) is 36.4 Å². The summed E-state index contributed by atoms with van der Waals surface area (Å²) in [4.78, 5) is 11.6. The number of carbonyl (C=O) groups excluding carboxylic acids is 1. The third kappa shape index (κ3) is 6.24. The summed E-state index contributed by atoms with van der Waals surface area (Å²) in [6.45, 7) is 2.19. The highest BCUT2D eigenvalue weighted by Gasteiger charge is 1.97. The molecule has 2 heteroatoms. The molecule has 2 nitrogen and oxygen atoms in total. The summed E-state index contributed by atoms with van der Waals surface area (Å²) in [7, 11) is 0. The van der Waals surface area contributed by atoms with Crippen molar-refractivity contribution in [2.24, 2.45) is 0 Å². The topological polar surface area (TPSA) is 37.3 Å². The van der Waals surface area contributed by atoms with Gasteiger partial charge in [-0.05, 0) is 30.2 Å². The van der Waals surface area contributed by atoms with Crippen LogP contribution in [0.3, 0.4) is 0 Å². The maximum Gasteiger partial charge on any atom is 0.155 e. The summed E-state index contributed by atoms with van der Waals surface area (Å²) in [5.41, 5.74) is 0.937. The van der Waals surface area contributed by atoms with Crippen LogP contribution in [0.2, 0.25) is 0 Å². The van der Waals surface area contributed by atoms with E-state index in [1.807, 2.05) is 0 Å². The molecular formula is C16H22O2. The lowest BCUT2D eigenvalue weighted by atomic mass is 10.1. The summed E-state index contributed by atoms with van der Waals surface area (Å²) in [6.07, 6.45) is 9.92. The summed E-state index contributed by atoms with van der Waals surface area (Å²) < 4.78 is 0. The summed E-state index contributed by atoms with van der Waals surface area (Å²) in [5, 5.41) is 9.13. The molecule has 0 aliphatic rings. The van der Waals surface area contributed by atoms with E-state index in [1.165, 1.54) is 19.3 Å². The fourth-order valence-electron chi connectivity index (χ4n) is 1.76. The minimum Gasteiger partial charge on any atom is -0.508 e. The van der Waals surface area contributed by atoms with E-state index in [0.29, 0.717) is 6.42 Å². The Morgan fingerprint density at radius 3 is 2.44 bits per heavy atom. The molecule has 0 amide bonds. The summed E-state index contributed by atoms with van der Waals surface area (Å²) >= 11 is 0. The van der Waals surface area contributed by atoms with Crippen molar-refractivity contribution < 1.29 is 9.90 Å². The maximum atomic E-state index is 11.6. The quantitative estimate of drug-likeness (QED) is 0.547. The predicted molar refractivity (Wildman–Crippen MR) is 75.5 cm³/mol. The first-order chi connectivity index (χ1) is 8.72. The van der Waals surface area contributed by atoms with Gasteiger partial charge in [0.25, 0.3) is 0 Å². The molecule has 0 aliphatic heterocycles. The molecular weight excluding hydrogens is 224 g/mol. The number of ketones is 1. The Labute approximate surface area is 109 Å². The van der Waals surface area contributed by atoms with Crippen LogP contribution >= 0.6 is 0 Å². The van der Waals surface area contributed by atoms with Crippen molar-refractivity contribution >= 4 is 11.9 Å². The molecule has 1 rings (SSSR count). The Balaban J connectivity index is 2.25. The van der Waals surface area contributed by atoms with Gasteiger partial charge >= 0.3 is 0 Å².